The van der Waals surface area contributed by atoms with Gasteiger partial charge in [0.05, 0.1) is 6.04 Å². The Morgan fingerprint density at radius 3 is 2.86 bits per heavy atom. The maximum Gasteiger partial charge on any atom is 0.324 e. The summed E-state index contributed by atoms with van der Waals surface area (Å²) in [4.78, 5) is 15.3. The van der Waals surface area contributed by atoms with Crippen LogP contribution in [0.3, 0.4) is 0 Å². The average Bonchev–Trinajstić information content (AvgIpc) is 2.35. The van der Waals surface area contributed by atoms with Crippen LogP contribution < -0.4 is 0 Å². The van der Waals surface area contributed by atoms with Crippen LogP contribution in [-0.4, -0.2) is 36.0 Å². The molecule has 3 nitrogen and oxygen atoms in total. The first kappa shape index (κ1) is 9.31. The summed E-state index contributed by atoms with van der Waals surface area (Å²) in [6.07, 6.45) is 7.44. The summed E-state index contributed by atoms with van der Waals surface area (Å²) in [5.74, 6) is 0.405. The second-order valence-electron chi connectivity index (χ2n) is 4.05. The van der Waals surface area contributed by atoms with Gasteiger partial charge in [0.15, 0.2) is 0 Å². The van der Waals surface area contributed by atoms with E-state index >= 15 is 0 Å². The van der Waals surface area contributed by atoms with Gasteiger partial charge in [-0.3, -0.25) is 4.90 Å². The van der Waals surface area contributed by atoms with E-state index in [0.29, 0.717) is 5.92 Å². The third-order valence-electron chi connectivity index (χ3n) is 3.10. The number of carbonyl (C=O) groups is 1. The van der Waals surface area contributed by atoms with Crippen molar-refractivity contribution in [1.29, 1.82) is 0 Å². The summed E-state index contributed by atoms with van der Waals surface area (Å²) in [5.41, 5.74) is 1.15. The van der Waals surface area contributed by atoms with E-state index in [4.69, 9.17) is 0 Å². The fourth-order valence-electron chi connectivity index (χ4n) is 2.33. The molecule has 2 atom stereocenters. The number of fused-ring (bicyclic) bond motifs is 1. The van der Waals surface area contributed by atoms with Crippen LogP contribution in [-0.2, 0) is 0 Å². The van der Waals surface area contributed by atoms with Crippen LogP contribution in [0.2, 0.25) is 0 Å². The molecule has 0 aromatic heterocycles. The highest BCUT2D eigenvalue weighted by Gasteiger charge is 2.39. The Bertz CT molecular complexity index is 319. The number of amides is 2. The molecule has 3 heteroatoms. The molecule has 0 N–H and O–H groups in total. The van der Waals surface area contributed by atoms with Crippen molar-refractivity contribution in [3.63, 3.8) is 0 Å². The minimum absolute atomic E-state index is 0.100. The van der Waals surface area contributed by atoms with E-state index in [1.807, 2.05) is 19.0 Å². The van der Waals surface area contributed by atoms with E-state index in [-0.39, 0.29) is 12.1 Å². The van der Waals surface area contributed by atoms with Gasteiger partial charge in [0.1, 0.15) is 0 Å². The molecule has 14 heavy (non-hydrogen) atoms. The fraction of sp³-hybridized carbons (Fsp3) is 0.545. The zero-order valence-corrected chi connectivity index (χ0v) is 8.90. The SMILES string of the molecule is CC1C=CCC=C2C1N(C)C(=O)N2C. The lowest BCUT2D eigenvalue weighted by Gasteiger charge is -2.22. The molecule has 0 radical (unpaired) electrons. The molecule has 2 amide bonds. The van der Waals surface area contributed by atoms with Crippen LogP contribution in [0.25, 0.3) is 0 Å². The molecule has 2 unspecified atom stereocenters. The third-order valence-corrected chi connectivity index (χ3v) is 3.10. The Morgan fingerprint density at radius 1 is 1.43 bits per heavy atom. The first-order chi connectivity index (χ1) is 6.63. The molecule has 0 aromatic carbocycles. The molecule has 1 fully saturated rings. The Morgan fingerprint density at radius 2 is 2.14 bits per heavy atom. The Labute approximate surface area is 84.7 Å². The summed E-state index contributed by atoms with van der Waals surface area (Å²) in [6.45, 7) is 2.16. The lowest BCUT2D eigenvalue weighted by Crippen LogP contribution is -2.33. The van der Waals surface area contributed by atoms with Gasteiger partial charge < -0.3 is 4.90 Å². The smallest absolute Gasteiger partial charge is 0.318 e. The Kier molecular flexibility index (Phi) is 2.10. The van der Waals surface area contributed by atoms with Crippen molar-refractivity contribution in [3.05, 3.63) is 23.9 Å². The molecule has 1 aliphatic heterocycles. The topological polar surface area (TPSA) is 23.6 Å². The van der Waals surface area contributed by atoms with Gasteiger partial charge in [0.2, 0.25) is 0 Å². The average molecular weight is 192 g/mol. The van der Waals surface area contributed by atoms with E-state index in [1.165, 1.54) is 0 Å². The molecule has 0 aromatic rings. The van der Waals surface area contributed by atoms with Crippen LogP contribution >= 0.6 is 0 Å². The standard InChI is InChI=1S/C11H16N2O/c1-8-6-4-5-7-9-10(8)13(3)11(14)12(9)2/h4,6-8,10H,5H2,1-3H3. The number of allylic oxidation sites excluding steroid dienone is 2. The summed E-state index contributed by atoms with van der Waals surface area (Å²) < 4.78 is 0. The van der Waals surface area contributed by atoms with Gasteiger partial charge in [0.25, 0.3) is 0 Å². The van der Waals surface area contributed by atoms with Gasteiger partial charge >= 0.3 is 6.03 Å². The van der Waals surface area contributed by atoms with Crippen LogP contribution in [0.4, 0.5) is 4.79 Å². The predicted molar refractivity (Wildman–Crippen MR) is 55.7 cm³/mol. The van der Waals surface area contributed by atoms with Crippen molar-refractivity contribution in [2.45, 2.75) is 19.4 Å². The highest BCUT2D eigenvalue weighted by atomic mass is 16.2. The number of rotatable bonds is 0. The van der Waals surface area contributed by atoms with Gasteiger partial charge in [0, 0.05) is 25.7 Å². The van der Waals surface area contributed by atoms with Gasteiger partial charge in [-0.1, -0.05) is 25.2 Å². The van der Waals surface area contributed by atoms with Gasteiger partial charge in [-0.2, -0.15) is 0 Å². The van der Waals surface area contributed by atoms with E-state index < -0.39 is 0 Å². The normalized spacial score (nSPS) is 31.6. The maximum atomic E-state index is 11.7. The quantitative estimate of drug-likeness (QED) is 0.537. The molecular weight excluding hydrogens is 176 g/mol. The highest BCUT2D eigenvalue weighted by Crippen LogP contribution is 2.31. The number of hydrogen-bond donors (Lipinski definition) is 0. The van der Waals surface area contributed by atoms with Crippen LogP contribution in [0.15, 0.2) is 23.9 Å². The lowest BCUT2D eigenvalue weighted by atomic mass is 10.00. The summed E-state index contributed by atoms with van der Waals surface area (Å²) in [6, 6.07) is 0.328. The second-order valence-corrected chi connectivity index (χ2v) is 4.05. The van der Waals surface area contributed by atoms with E-state index in [9.17, 15) is 4.79 Å². The van der Waals surface area contributed by atoms with Crippen molar-refractivity contribution in [1.82, 2.24) is 9.80 Å². The van der Waals surface area contributed by atoms with Crippen molar-refractivity contribution in [2.75, 3.05) is 14.1 Å². The number of likely N-dealkylation sites (N-methyl/N-ethyl adjacent to an activating group) is 2. The minimum atomic E-state index is 0.100. The minimum Gasteiger partial charge on any atom is -0.318 e. The third kappa shape index (κ3) is 1.15. The van der Waals surface area contributed by atoms with E-state index in [2.05, 4.69) is 25.2 Å². The number of urea groups is 1. The predicted octanol–water partition coefficient (Wildman–Crippen LogP) is 1.83. The van der Waals surface area contributed by atoms with Crippen LogP contribution in [0.5, 0.6) is 0 Å². The largest absolute Gasteiger partial charge is 0.324 e. The Balaban J connectivity index is 2.40. The Hall–Kier alpha value is -1.25. The first-order valence-corrected chi connectivity index (χ1v) is 5.00. The lowest BCUT2D eigenvalue weighted by molar-refractivity contribution is 0.198. The molecule has 1 aliphatic carbocycles. The van der Waals surface area contributed by atoms with Gasteiger partial charge in [-0.15, -0.1) is 0 Å². The highest BCUT2D eigenvalue weighted by molar-refractivity contribution is 5.80. The molecular formula is C11H16N2O. The number of nitrogens with zero attached hydrogens (tertiary/aromatic N) is 2. The van der Waals surface area contributed by atoms with Gasteiger partial charge in [-0.05, 0) is 6.42 Å². The maximum absolute atomic E-state index is 11.7. The van der Waals surface area contributed by atoms with Crippen molar-refractivity contribution in [2.24, 2.45) is 5.92 Å². The summed E-state index contributed by atoms with van der Waals surface area (Å²) >= 11 is 0. The molecule has 1 heterocycles. The molecule has 0 saturated carbocycles. The molecule has 1 saturated heterocycles. The zero-order chi connectivity index (χ0) is 10.3. The second kappa shape index (κ2) is 3.15. The molecule has 76 valence electrons. The van der Waals surface area contributed by atoms with E-state index in [1.54, 1.807) is 4.90 Å². The molecule has 2 rings (SSSR count). The number of carbonyl (C=O) groups excluding carboxylic acids is 1. The van der Waals surface area contributed by atoms with Crippen LogP contribution in [0, 0.1) is 5.92 Å². The van der Waals surface area contributed by atoms with Crippen molar-refractivity contribution in [3.8, 4) is 0 Å². The summed E-state index contributed by atoms with van der Waals surface area (Å²) in [5, 5.41) is 0. The summed E-state index contributed by atoms with van der Waals surface area (Å²) in [7, 11) is 3.72. The monoisotopic (exact) mass is 192 g/mol. The van der Waals surface area contributed by atoms with Crippen molar-refractivity contribution < 1.29 is 4.79 Å². The molecule has 0 spiro atoms. The molecule has 2 aliphatic rings. The molecule has 0 bridgehead atoms. The van der Waals surface area contributed by atoms with E-state index in [0.717, 1.165) is 12.1 Å². The zero-order valence-electron chi connectivity index (χ0n) is 8.90. The van der Waals surface area contributed by atoms with Gasteiger partial charge in [-0.25, -0.2) is 4.79 Å². The fourth-order valence-corrected chi connectivity index (χ4v) is 2.33. The number of hydrogen-bond acceptors (Lipinski definition) is 1. The van der Waals surface area contributed by atoms with Crippen molar-refractivity contribution >= 4 is 6.03 Å². The van der Waals surface area contributed by atoms with Crippen LogP contribution in [0.1, 0.15) is 13.3 Å². The first-order valence-electron chi connectivity index (χ1n) is 5.00.